The minimum atomic E-state index is -0.149. The maximum atomic E-state index is 11.9. The van der Waals surface area contributed by atoms with Gasteiger partial charge in [0, 0.05) is 31.2 Å². The predicted octanol–water partition coefficient (Wildman–Crippen LogP) is 2.66. The smallest absolute Gasteiger partial charge is 0.315 e. The van der Waals surface area contributed by atoms with Gasteiger partial charge in [-0.3, -0.25) is 4.68 Å². The van der Waals surface area contributed by atoms with Crippen molar-refractivity contribution in [3.05, 3.63) is 41.6 Å². The van der Waals surface area contributed by atoms with Crippen LogP contribution in [-0.2, 0) is 13.0 Å². The Morgan fingerprint density at radius 2 is 2.17 bits per heavy atom. The molecule has 0 spiro atoms. The van der Waals surface area contributed by atoms with Crippen molar-refractivity contribution in [3.8, 4) is 0 Å². The fraction of sp³-hybridized carbons (Fsp3) is 0.529. The fourth-order valence-corrected chi connectivity index (χ4v) is 2.54. The number of nitrogens with zero attached hydrogens (tertiary/aromatic N) is 2. The average Bonchev–Trinajstić information content (AvgIpc) is 3.07. The van der Waals surface area contributed by atoms with E-state index >= 15 is 0 Å². The van der Waals surface area contributed by atoms with Crippen LogP contribution in [0.1, 0.15) is 31.0 Å². The Hall–Kier alpha value is -2.24. The van der Waals surface area contributed by atoms with E-state index in [9.17, 15) is 4.79 Å². The standard InChI is InChI=1S/C17H26N4O2/c1-12(11-21-15(4)8-14(3)20-21)10-18-17(22)19-13(2)9-16-6-5-7-23-16/h5-8,12-13H,9-11H2,1-4H3,(H2,18,19,22)/t12-,13-/m1/s1. The van der Waals surface area contributed by atoms with Gasteiger partial charge in [-0.2, -0.15) is 5.10 Å². The molecule has 0 saturated carbocycles. The van der Waals surface area contributed by atoms with Gasteiger partial charge in [-0.15, -0.1) is 0 Å². The highest BCUT2D eigenvalue weighted by molar-refractivity contribution is 5.74. The predicted molar refractivity (Wildman–Crippen MR) is 89.3 cm³/mol. The SMILES string of the molecule is Cc1cc(C)n(C[C@H](C)CNC(=O)N[C@H](C)Cc2ccco2)n1. The zero-order valence-corrected chi connectivity index (χ0v) is 14.3. The highest BCUT2D eigenvalue weighted by atomic mass is 16.3. The lowest BCUT2D eigenvalue weighted by atomic mass is 10.2. The number of aromatic nitrogens is 2. The number of hydrogen-bond donors (Lipinski definition) is 2. The third-order valence-electron chi connectivity index (χ3n) is 3.66. The first-order chi connectivity index (χ1) is 10.9. The zero-order chi connectivity index (χ0) is 16.8. The summed E-state index contributed by atoms with van der Waals surface area (Å²) in [5.74, 6) is 1.18. The molecule has 2 N–H and O–H groups in total. The first-order valence-electron chi connectivity index (χ1n) is 8.02. The van der Waals surface area contributed by atoms with Crippen molar-refractivity contribution >= 4 is 6.03 Å². The van der Waals surface area contributed by atoms with Crippen molar-refractivity contribution in [2.24, 2.45) is 5.92 Å². The van der Waals surface area contributed by atoms with Crippen molar-refractivity contribution in [2.45, 2.75) is 46.7 Å². The number of amides is 2. The quantitative estimate of drug-likeness (QED) is 0.824. The number of nitrogens with one attached hydrogen (secondary N) is 2. The summed E-state index contributed by atoms with van der Waals surface area (Å²) in [5.41, 5.74) is 2.16. The van der Waals surface area contributed by atoms with E-state index in [-0.39, 0.29) is 12.1 Å². The lowest BCUT2D eigenvalue weighted by Gasteiger charge is -2.17. The molecule has 126 valence electrons. The fourth-order valence-electron chi connectivity index (χ4n) is 2.54. The van der Waals surface area contributed by atoms with Gasteiger partial charge < -0.3 is 15.1 Å². The van der Waals surface area contributed by atoms with Gasteiger partial charge in [-0.05, 0) is 44.9 Å². The molecule has 0 aliphatic carbocycles. The third kappa shape index (κ3) is 5.47. The Balaban J connectivity index is 1.70. The minimum absolute atomic E-state index is 0.0208. The van der Waals surface area contributed by atoms with E-state index in [1.807, 2.05) is 37.6 Å². The molecular weight excluding hydrogens is 292 g/mol. The Morgan fingerprint density at radius 3 is 2.78 bits per heavy atom. The molecule has 6 nitrogen and oxygen atoms in total. The molecule has 2 atom stereocenters. The number of aryl methyl sites for hydroxylation is 2. The van der Waals surface area contributed by atoms with Gasteiger partial charge in [0.25, 0.3) is 0 Å². The van der Waals surface area contributed by atoms with Crippen LogP contribution in [0, 0.1) is 19.8 Å². The van der Waals surface area contributed by atoms with Crippen molar-refractivity contribution in [1.82, 2.24) is 20.4 Å². The maximum Gasteiger partial charge on any atom is 0.315 e. The first-order valence-corrected chi connectivity index (χ1v) is 8.02. The molecule has 2 rings (SSSR count). The summed E-state index contributed by atoms with van der Waals surface area (Å²) >= 11 is 0. The highest BCUT2D eigenvalue weighted by Crippen LogP contribution is 2.06. The van der Waals surface area contributed by atoms with Gasteiger partial charge in [0.15, 0.2) is 0 Å². The van der Waals surface area contributed by atoms with E-state index in [0.29, 0.717) is 18.9 Å². The van der Waals surface area contributed by atoms with Gasteiger partial charge >= 0.3 is 6.03 Å². The molecule has 0 radical (unpaired) electrons. The molecule has 2 heterocycles. The molecule has 6 heteroatoms. The van der Waals surface area contributed by atoms with Gasteiger partial charge in [0.2, 0.25) is 0 Å². The lowest BCUT2D eigenvalue weighted by Crippen LogP contribution is -2.43. The maximum absolute atomic E-state index is 11.9. The Morgan fingerprint density at radius 1 is 1.39 bits per heavy atom. The second kappa shape index (κ2) is 7.85. The summed E-state index contributed by atoms with van der Waals surface area (Å²) < 4.78 is 7.27. The minimum Gasteiger partial charge on any atom is -0.469 e. The summed E-state index contributed by atoms with van der Waals surface area (Å²) in [7, 11) is 0. The molecule has 0 aromatic carbocycles. The van der Waals surface area contributed by atoms with Crippen molar-refractivity contribution < 1.29 is 9.21 Å². The van der Waals surface area contributed by atoms with Crippen molar-refractivity contribution in [1.29, 1.82) is 0 Å². The Kier molecular flexibility index (Phi) is 5.84. The van der Waals surface area contributed by atoms with Gasteiger partial charge in [0.05, 0.1) is 12.0 Å². The lowest BCUT2D eigenvalue weighted by molar-refractivity contribution is 0.234. The highest BCUT2D eigenvalue weighted by Gasteiger charge is 2.12. The summed E-state index contributed by atoms with van der Waals surface area (Å²) in [5, 5.41) is 10.3. The molecule has 23 heavy (non-hydrogen) atoms. The largest absolute Gasteiger partial charge is 0.469 e. The Bertz CT molecular complexity index is 619. The average molecular weight is 318 g/mol. The number of carbonyl (C=O) groups excluding carboxylic acids is 1. The van der Waals surface area contributed by atoms with E-state index in [2.05, 4.69) is 28.7 Å². The number of rotatable bonds is 7. The van der Waals surface area contributed by atoms with Crippen LogP contribution in [0.5, 0.6) is 0 Å². The van der Waals surface area contributed by atoms with Gasteiger partial charge in [-0.1, -0.05) is 6.92 Å². The van der Waals surface area contributed by atoms with Crippen molar-refractivity contribution in [2.75, 3.05) is 6.54 Å². The summed E-state index contributed by atoms with van der Waals surface area (Å²) in [4.78, 5) is 11.9. The van der Waals surface area contributed by atoms with E-state index < -0.39 is 0 Å². The number of hydrogen-bond acceptors (Lipinski definition) is 3. The monoisotopic (exact) mass is 318 g/mol. The normalized spacial score (nSPS) is 13.6. The van der Waals surface area contributed by atoms with Crippen LogP contribution in [0.3, 0.4) is 0 Å². The number of urea groups is 1. The molecule has 2 aromatic heterocycles. The van der Waals surface area contributed by atoms with E-state index in [4.69, 9.17) is 4.42 Å². The van der Waals surface area contributed by atoms with Crippen LogP contribution < -0.4 is 10.6 Å². The summed E-state index contributed by atoms with van der Waals surface area (Å²) in [6, 6.07) is 5.69. The van der Waals surface area contributed by atoms with Crippen LogP contribution in [0.15, 0.2) is 28.9 Å². The molecule has 2 aromatic rings. The van der Waals surface area contributed by atoms with Gasteiger partial charge in [-0.25, -0.2) is 4.79 Å². The molecule has 0 bridgehead atoms. The number of carbonyl (C=O) groups is 1. The topological polar surface area (TPSA) is 72.1 Å². The molecule has 0 fully saturated rings. The van der Waals surface area contributed by atoms with E-state index in [0.717, 1.165) is 23.7 Å². The number of furan rings is 1. The summed E-state index contributed by atoms with van der Waals surface area (Å²) in [6.07, 6.45) is 2.32. The van der Waals surface area contributed by atoms with Crippen LogP contribution >= 0.6 is 0 Å². The van der Waals surface area contributed by atoms with E-state index in [1.165, 1.54) is 0 Å². The van der Waals surface area contributed by atoms with Crippen LogP contribution in [0.25, 0.3) is 0 Å². The molecule has 0 unspecified atom stereocenters. The molecule has 0 aliphatic rings. The van der Waals surface area contributed by atoms with Crippen LogP contribution in [0.4, 0.5) is 4.79 Å². The molecule has 0 saturated heterocycles. The molecule has 2 amide bonds. The van der Waals surface area contributed by atoms with Gasteiger partial charge in [0.1, 0.15) is 5.76 Å². The molecule has 0 aliphatic heterocycles. The first kappa shape index (κ1) is 17.1. The zero-order valence-electron chi connectivity index (χ0n) is 14.3. The van der Waals surface area contributed by atoms with Crippen LogP contribution in [-0.4, -0.2) is 28.4 Å². The molecular formula is C17H26N4O2. The van der Waals surface area contributed by atoms with E-state index in [1.54, 1.807) is 6.26 Å². The second-order valence-corrected chi connectivity index (χ2v) is 6.25. The third-order valence-corrected chi connectivity index (χ3v) is 3.66. The second-order valence-electron chi connectivity index (χ2n) is 6.25. The summed E-state index contributed by atoms with van der Waals surface area (Å²) in [6.45, 7) is 9.49. The van der Waals surface area contributed by atoms with Crippen molar-refractivity contribution in [3.63, 3.8) is 0 Å². The van der Waals surface area contributed by atoms with Crippen LogP contribution in [0.2, 0.25) is 0 Å². The Labute approximate surface area is 137 Å².